The molecule has 0 aromatic carbocycles. The first-order valence-corrected chi connectivity index (χ1v) is 1.60. The monoisotopic (exact) mass is 138 g/mol. The summed E-state index contributed by atoms with van der Waals surface area (Å²) < 4.78 is 22.8. The minimum atomic E-state index is -2.61. The van der Waals surface area contributed by atoms with Crippen LogP contribution >= 0.6 is 0 Å². The maximum absolute atomic E-state index is 8.67. The summed E-state index contributed by atoms with van der Waals surface area (Å²) in [6, 6.07) is 0. The van der Waals surface area contributed by atoms with Gasteiger partial charge in [0.25, 0.3) is 11.4 Å². The first kappa shape index (κ1) is 15.7. The molecule has 0 atom stereocenters. The summed E-state index contributed by atoms with van der Waals surface area (Å²) in [6.07, 6.45) is 0. The van der Waals surface area contributed by atoms with Gasteiger partial charge in [0.1, 0.15) is 0 Å². The topological polar surface area (TPSA) is 57.5 Å². The first-order valence-electron chi connectivity index (χ1n) is 0.532. The fourth-order valence-electron chi connectivity index (χ4n) is 0. The maximum atomic E-state index is 8.67. The van der Waals surface area contributed by atoms with Crippen LogP contribution < -0.4 is 0 Å². The molecule has 3 nitrogen and oxygen atoms in total. The van der Waals surface area contributed by atoms with E-state index in [4.69, 9.17) is 13.3 Å². The Morgan fingerprint density at radius 1 is 1.33 bits per heavy atom. The van der Waals surface area contributed by atoms with Crippen molar-refractivity contribution in [1.29, 1.82) is 0 Å². The fraction of sp³-hybridized carbons (Fsp3) is 0. The standard InChI is InChI=1S/Li.H2O3S.Ti.H/c;1-4(2)3;;/h;(H2,1,2,3);;. The first-order chi connectivity index (χ1) is 1.73. The van der Waals surface area contributed by atoms with Gasteiger partial charge in [-0.15, -0.1) is 0 Å². The molecule has 0 saturated carbocycles. The molecule has 0 fully saturated rings. The zero-order valence-corrected chi connectivity index (χ0v) is 4.59. The minimum absolute atomic E-state index is 0. The second kappa shape index (κ2) is 9.63. The summed E-state index contributed by atoms with van der Waals surface area (Å²) in [6.45, 7) is 0. The van der Waals surface area contributed by atoms with Crippen molar-refractivity contribution < 1.29 is 35.0 Å². The Bertz CT molecular complexity index is 33.8. The van der Waals surface area contributed by atoms with Crippen LogP contribution in [0.5, 0.6) is 0 Å². The molecule has 0 aliphatic heterocycles. The van der Waals surface area contributed by atoms with Gasteiger partial charge in [-0.25, -0.2) is 0 Å². The Hall–Kier alpha value is 1.38. The summed E-state index contributed by atoms with van der Waals surface area (Å²) in [4.78, 5) is 0. The molecule has 0 unspecified atom stereocenters. The second-order valence-electron chi connectivity index (χ2n) is 0.231. The van der Waals surface area contributed by atoms with E-state index >= 15 is 0 Å². The fourth-order valence-corrected chi connectivity index (χ4v) is 0. The van der Waals surface area contributed by atoms with Crippen molar-refractivity contribution in [1.82, 2.24) is 0 Å². The third-order valence-electron chi connectivity index (χ3n) is 0. The molecule has 0 heterocycles. The van der Waals surface area contributed by atoms with E-state index in [0.29, 0.717) is 0 Å². The van der Waals surface area contributed by atoms with Crippen LogP contribution in [-0.2, 0) is 33.1 Å². The summed E-state index contributed by atoms with van der Waals surface area (Å²) in [7, 11) is 0. The zero-order valence-electron chi connectivity index (χ0n) is 2.21. The largest absolute Gasteiger partial charge is 0 e. The van der Waals surface area contributed by atoms with E-state index in [0.717, 1.165) is 0 Å². The molecule has 0 amide bonds. The smallest absolute Gasteiger partial charge is 0 e. The predicted molar refractivity (Wildman–Crippen MR) is 20.5 cm³/mol. The normalized spacial score (nSPS) is 5.83. The SMILES string of the molecule is O=S(O)O.[LiH].[Ti]. The van der Waals surface area contributed by atoms with E-state index in [1.807, 2.05) is 0 Å². The third kappa shape index (κ3) is 54.1. The molecule has 0 aromatic heterocycles. The van der Waals surface area contributed by atoms with Crippen LogP contribution in [0.3, 0.4) is 0 Å². The summed E-state index contributed by atoms with van der Waals surface area (Å²) in [5.41, 5.74) is 0. The predicted octanol–water partition coefficient (Wildman–Crippen LogP) is -0.970. The van der Waals surface area contributed by atoms with Crippen molar-refractivity contribution in [3.8, 4) is 0 Å². The molecule has 6 heteroatoms. The van der Waals surface area contributed by atoms with Crippen molar-refractivity contribution in [3.63, 3.8) is 0 Å². The van der Waals surface area contributed by atoms with Crippen molar-refractivity contribution >= 4 is 30.2 Å². The minimum Gasteiger partial charge on any atom is 0 e. The molecule has 0 aliphatic rings. The van der Waals surface area contributed by atoms with E-state index in [2.05, 4.69) is 0 Å². The Morgan fingerprint density at radius 2 is 1.33 bits per heavy atom. The van der Waals surface area contributed by atoms with Crippen LogP contribution in [0.25, 0.3) is 0 Å². The van der Waals surface area contributed by atoms with Gasteiger partial charge >= 0.3 is 18.9 Å². The molecular weight excluding hydrogens is 135 g/mol. The van der Waals surface area contributed by atoms with Crippen LogP contribution in [0.2, 0.25) is 0 Å². The van der Waals surface area contributed by atoms with Gasteiger partial charge in [0, 0.05) is 21.7 Å². The van der Waals surface area contributed by atoms with Gasteiger partial charge in [0.15, 0.2) is 0 Å². The van der Waals surface area contributed by atoms with Gasteiger partial charge in [-0.1, -0.05) is 0 Å². The molecule has 0 aliphatic carbocycles. The summed E-state index contributed by atoms with van der Waals surface area (Å²) >= 11 is -2.61. The molecule has 0 bridgehead atoms. The Morgan fingerprint density at radius 3 is 1.33 bits per heavy atom. The molecule has 32 valence electrons. The van der Waals surface area contributed by atoms with E-state index in [1.165, 1.54) is 0 Å². The quantitative estimate of drug-likeness (QED) is 0.334. The van der Waals surface area contributed by atoms with Gasteiger partial charge in [0.05, 0.1) is 0 Å². The average Bonchev–Trinajstić information content (AvgIpc) is 0.811. The maximum Gasteiger partial charge on any atom is 0 e. The van der Waals surface area contributed by atoms with Gasteiger partial charge in [0.2, 0.25) is 0 Å². The van der Waals surface area contributed by atoms with Crippen molar-refractivity contribution in [3.05, 3.63) is 0 Å². The third-order valence-corrected chi connectivity index (χ3v) is 0. The zero-order chi connectivity index (χ0) is 3.58. The molecule has 2 N–H and O–H groups in total. The molecule has 0 saturated heterocycles. The van der Waals surface area contributed by atoms with Crippen LogP contribution in [0.15, 0.2) is 0 Å². The van der Waals surface area contributed by atoms with E-state index in [9.17, 15) is 0 Å². The summed E-state index contributed by atoms with van der Waals surface area (Å²) in [5.74, 6) is 0. The van der Waals surface area contributed by atoms with Crippen LogP contribution in [-0.4, -0.2) is 32.2 Å². The van der Waals surface area contributed by atoms with E-state index in [-0.39, 0.29) is 40.6 Å². The molecule has 6 heavy (non-hydrogen) atoms. The number of hydrogen-bond donors (Lipinski definition) is 2. The van der Waals surface area contributed by atoms with Crippen LogP contribution in [0.4, 0.5) is 0 Å². The molecular formula is H3LiO3STi. The van der Waals surface area contributed by atoms with Gasteiger partial charge in [-0.3, -0.25) is 9.11 Å². The van der Waals surface area contributed by atoms with Gasteiger partial charge in [-0.2, -0.15) is 4.21 Å². The second-order valence-corrected chi connectivity index (χ2v) is 0.692. The van der Waals surface area contributed by atoms with Crippen LogP contribution in [0.1, 0.15) is 0 Å². The van der Waals surface area contributed by atoms with E-state index < -0.39 is 11.4 Å². The van der Waals surface area contributed by atoms with Gasteiger partial charge in [-0.05, 0) is 0 Å². The average molecular weight is 138 g/mol. The van der Waals surface area contributed by atoms with Crippen LogP contribution in [0, 0.1) is 0 Å². The van der Waals surface area contributed by atoms with Crippen molar-refractivity contribution in [2.45, 2.75) is 0 Å². The Labute approximate surface area is 65.1 Å². The Kier molecular flexibility index (Phi) is 25.1. The number of rotatable bonds is 0. The van der Waals surface area contributed by atoms with Gasteiger partial charge < -0.3 is 0 Å². The number of hydrogen-bond acceptors (Lipinski definition) is 1. The Balaban J connectivity index is -0.0000000450. The van der Waals surface area contributed by atoms with Crippen molar-refractivity contribution in [2.24, 2.45) is 0 Å². The molecule has 0 rings (SSSR count). The van der Waals surface area contributed by atoms with Crippen molar-refractivity contribution in [2.75, 3.05) is 0 Å². The molecule has 0 radical (unpaired) electrons. The summed E-state index contributed by atoms with van der Waals surface area (Å²) in [5, 5.41) is 0. The molecule has 0 aromatic rings. The molecule has 0 spiro atoms. The van der Waals surface area contributed by atoms with E-state index in [1.54, 1.807) is 0 Å².